The Morgan fingerprint density at radius 3 is 1.95 bits per heavy atom. The van der Waals surface area contributed by atoms with Crippen molar-refractivity contribution in [1.82, 2.24) is 4.90 Å². The van der Waals surface area contributed by atoms with Crippen molar-refractivity contribution in [2.75, 3.05) is 39.5 Å². The minimum absolute atomic E-state index is 0.0311. The van der Waals surface area contributed by atoms with Gasteiger partial charge in [0.15, 0.2) is 18.9 Å². The lowest BCUT2D eigenvalue weighted by Gasteiger charge is -2.48. The quantitative estimate of drug-likeness (QED) is 0.0923. The van der Waals surface area contributed by atoms with Gasteiger partial charge in [0.1, 0.15) is 73.2 Å². The Labute approximate surface area is 314 Å². The molecule has 1 aromatic rings. The molecule has 4 aliphatic rings. The van der Waals surface area contributed by atoms with Crippen LogP contribution in [-0.2, 0) is 45.9 Å². The molecule has 0 aromatic heterocycles. The van der Waals surface area contributed by atoms with E-state index in [9.17, 15) is 64.2 Å². The Morgan fingerprint density at radius 2 is 1.31 bits per heavy atom. The van der Waals surface area contributed by atoms with Crippen molar-refractivity contribution >= 4 is 0 Å². The standard InChI is InChI=1S/C34H52F3NO17/c1-14(2)29-27(47)30(55-33-26(46)25(45)22(42)18(11-40)53-33)24(44)20(51-29)13-49-32-28(48)31(23(43)19(12-41)52-32)54-21-9-38(8-16(10-39)50-21)7-15-5-3-4-6-17(15)34(35,36)37/h3-6,14,16,18-33,39-48H,7-13H2,1-2H3. The smallest absolute Gasteiger partial charge is 0.394 e. The monoisotopic (exact) mass is 803 g/mol. The van der Waals surface area contributed by atoms with Crippen LogP contribution in [0.15, 0.2) is 24.3 Å². The van der Waals surface area contributed by atoms with Crippen molar-refractivity contribution in [3.05, 3.63) is 35.4 Å². The van der Waals surface area contributed by atoms with E-state index >= 15 is 0 Å². The normalized spacial score (nSPS) is 42.1. The first-order valence-electron chi connectivity index (χ1n) is 18.0. The molecule has 18 nitrogen and oxygen atoms in total. The van der Waals surface area contributed by atoms with Crippen molar-refractivity contribution < 1.29 is 97.4 Å². The van der Waals surface area contributed by atoms with E-state index in [0.717, 1.165) is 6.07 Å². The third-order valence-corrected chi connectivity index (χ3v) is 10.2. The summed E-state index contributed by atoms with van der Waals surface area (Å²) in [5.41, 5.74) is -0.874. The van der Waals surface area contributed by atoms with Crippen LogP contribution in [0.3, 0.4) is 0 Å². The van der Waals surface area contributed by atoms with E-state index in [1.165, 1.54) is 18.2 Å². The molecule has 5 rings (SSSR count). The lowest BCUT2D eigenvalue weighted by molar-refractivity contribution is -0.354. The Bertz CT molecular complexity index is 1350. The molecule has 4 heterocycles. The van der Waals surface area contributed by atoms with Crippen LogP contribution in [0, 0.1) is 5.92 Å². The third-order valence-electron chi connectivity index (χ3n) is 10.2. The number of hydrogen-bond acceptors (Lipinski definition) is 18. The lowest BCUT2D eigenvalue weighted by Crippen LogP contribution is -2.65. The summed E-state index contributed by atoms with van der Waals surface area (Å²) in [6.07, 6.45) is -30.5. The largest absolute Gasteiger partial charge is 0.416 e. The van der Waals surface area contributed by atoms with Gasteiger partial charge in [0, 0.05) is 19.6 Å². The van der Waals surface area contributed by atoms with E-state index in [1.807, 2.05) is 0 Å². The van der Waals surface area contributed by atoms with Crippen LogP contribution in [0.25, 0.3) is 0 Å². The minimum atomic E-state index is -4.62. The molecule has 0 saturated carbocycles. The van der Waals surface area contributed by atoms with Gasteiger partial charge < -0.3 is 84.2 Å². The van der Waals surface area contributed by atoms with E-state index in [2.05, 4.69) is 0 Å². The molecule has 4 fully saturated rings. The fourth-order valence-electron chi connectivity index (χ4n) is 7.22. The van der Waals surface area contributed by atoms with Crippen molar-refractivity contribution in [2.24, 2.45) is 5.92 Å². The maximum absolute atomic E-state index is 13.7. The number of morpholine rings is 1. The second-order valence-electron chi connectivity index (χ2n) is 14.5. The number of halogens is 3. The SMILES string of the molecule is CC(C)C1OC(COC2OC(CO)C(O)C(OC3CN(Cc4ccccc4C(F)(F)F)CC(CO)O3)C2O)C(O)C(OC2OC(CO)C(O)C(O)C2O)C1O. The first-order valence-corrected chi connectivity index (χ1v) is 18.0. The van der Waals surface area contributed by atoms with E-state index in [4.69, 9.17) is 33.2 Å². The Hall–Kier alpha value is -1.71. The molecule has 316 valence electrons. The van der Waals surface area contributed by atoms with Crippen molar-refractivity contribution in [3.8, 4) is 0 Å². The van der Waals surface area contributed by atoms with Gasteiger partial charge in [0.05, 0.1) is 44.2 Å². The van der Waals surface area contributed by atoms with E-state index in [1.54, 1.807) is 18.7 Å². The first-order chi connectivity index (χ1) is 26.0. The summed E-state index contributed by atoms with van der Waals surface area (Å²) in [7, 11) is 0. The number of hydrogen-bond donors (Lipinski definition) is 10. The topological polar surface area (TPSA) is 270 Å². The van der Waals surface area contributed by atoms with Gasteiger partial charge in [-0.3, -0.25) is 4.90 Å². The van der Waals surface area contributed by atoms with Crippen LogP contribution in [0.1, 0.15) is 25.0 Å². The molecule has 55 heavy (non-hydrogen) atoms. The molecule has 0 amide bonds. The Kier molecular flexibility index (Phi) is 15.3. The number of nitrogens with zero attached hydrogens (tertiary/aromatic N) is 1. The second-order valence-corrected chi connectivity index (χ2v) is 14.5. The van der Waals surface area contributed by atoms with Crippen molar-refractivity contribution in [1.29, 1.82) is 0 Å². The summed E-state index contributed by atoms with van der Waals surface area (Å²) in [6, 6.07) is 5.00. The first kappa shape index (κ1) is 44.4. The summed E-state index contributed by atoms with van der Waals surface area (Å²) in [5.74, 6) is -0.395. The minimum Gasteiger partial charge on any atom is -0.394 e. The van der Waals surface area contributed by atoms with E-state index in [0.29, 0.717) is 0 Å². The molecule has 4 saturated heterocycles. The predicted molar refractivity (Wildman–Crippen MR) is 175 cm³/mol. The average molecular weight is 804 g/mol. The molecule has 10 N–H and O–H groups in total. The van der Waals surface area contributed by atoms with Gasteiger partial charge in [-0.15, -0.1) is 0 Å². The van der Waals surface area contributed by atoms with Crippen LogP contribution in [0.5, 0.6) is 0 Å². The van der Waals surface area contributed by atoms with Gasteiger partial charge >= 0.3 is 6.18 Å². The van der Waals surface area contributed by atoms with E-state index < -0.39 is 148 Å². The molecular weight excluding hydrogens is 751 g/mol. The Balaban J connectivity index is 1.27. The molecule has 17 unspecified atom stereocenters. The van der Waals surface area contributed by atoms with Crippen LogP contribution < -0.4 is 0 Å². The van der Waals surface area contributed by atoms with Gasteiger partial charge in [-0.1, -0.05) is 32.0 Å². The molecule has 17 atom stereocenters. The summed E-state index contributed by atoms with van der Waals surface area (Å²) in [5, 5.41) is 105. The highest BCUT2D eigenvalue weighted by Gasteiger charge is 2.53. The second kappa shape index (κ2) is 18.9. The van der Waals surface area contributed by atoms with Crippen molar-refractivity contribution in [3.63, 3.8) is 0 Å². The van der Waals surface area contributed by atoms with Gasteiger partial charge in [0.2, 0.25) is 0 Å². The zero-order valence-electron chi connectivity index (χ0n) is 30.1. The zero-order valence-corrected chi connectivity index (χ0v) is 30.1. The average Bonchev–Trinajstić information content (AvgIpc) is 3.14. The number of alkyl halides is 3. The fourth-order valence-corrected chi connectivity index (χ4v) is 7.22. The van der Waals surface area contributed by atoms with Crippen LogP contribution in [0.4, 0.5) is 13.2 Å². The van der Waals surface area contributed by atoms with Gasteiger partial charge in [-0.25, -0.2) is 0 Å². The molecule has 0 radical (unpaired) electrons. The van der Waals surface area contributed by atoms with Gasteiger partial charge in [0.25, 0.3) is 0 Å². The highest BCUT2D eigenvalue weighted by molar-refractivity contribution is 5.29. The summed E-state index contributed by atoms with van der Waals surface area (Å²) in [6.45, 7) is 0.454. The number of rotatable bonds is 13. The molecule has 4 aliphatic heterocycles. The zero-order chi connectivity index (χ0) is 40.4. The summed E-state index contributed by atoms with van der Waals surface area (Å²) >= 11 is 0. The highest BCUT2D eigenvalue weighted by atomic mass is 19.4. The molecular formula is C34H52F3NO17. The third kappa shape index (κ3) is 10.1. The number of benzene rings is 1. The molecule has 0 spiro atoms. The van der Waals surface area contributed by atoms with Gasteiger partial charge in [-0.05, 0) is 17.5 Å². The highest BCUT2D eigenvalue weighted by Crippen LogP contribution is 2.35. The molecule has 1 aromatic carbocycles. The molecule has 0 aliphatic carbocycles. The molecule has 21 heteroatoms. The number of aliphatic hydroxyl groups excluding tert-OH is 10. The lowest BCUT2D eigenvalue weighted by atomic mass is 9.89. The predicted octanol–water partition coefficient (Wildman–Crippen LogP) is -3.60. The van der Waals surface area contributed by atoms with Crippen LogP contribution in [-0.4, -0.2) is 200 Å². The van der Waals surface area contributed by atoms with Crippen LogP contribution >= 0.6 is 0 Å². The van der Waals surface area contributed by atoms with Gasteiger partial charge in [-0.2, -0.15) is 13.2 Å². The fraction of sp³-hybridized carbons (Fsp3) is 0.824. The van der Waals surface area contributed by atoms with Crippen molar-refractivity contribution in [2.45, 2.75) is 131 Å². The summed E-state index contributed by atoms with van der Waals surface area (Å²) < 4.78 is 81.2. The van der Waals surface area contributed by atoms with Crippen LogP contribution in [0.2, 0.25) is 0 Å². The maximum atomic E-state index is 13.7. The summed E-state index contributed by atoms with van der Waals surface area (Å²) in [4.78, 5) is 1.55. The maximum Gasteiger partial charge on any atom is 0.416 e. The Morgan fingerprint density at radius 1 is 0.691 bits per heavy atom. The molecule has 0 bridgehead atoms. The number of ether oxygens (including phenoxy) is 7. The van der Waals surface area contributed by atoms with E-state index in [-0.39, 0.29) is 25.2 Å². The number of aliphatic hydroxyl groups is 10.